The highest BCUT2D eigenvalue weighted by atomic mass is 35.5. The first kappa shape index (κ1) is 24.5. The summed E-state index contributed by atoms with van der Waals surface area (Å²) in [7, 11) is 4.42. The molecular formula is C23H25ClN4O4. The summed E-state index contributed by atoms with van der Waals surface area (Å²) < 4.78 is 16.0. The second kappa shape index (κ2) is 11.0. The minimum absolute atomic E-state index is 0. The zero-order valence-corrected chi connectivity index (χ0v) is 18.7. The van der Waals surface area contributed by atoms with Crippen LogP contribution in [0.25, 0.3) is 11.1 Å². The lowest BCUT2D eigenvalue weighted by Crippen LogP contribution is -2.23. The first-order valence-corrected chi connectivity index (χ1v) is 9.43. The van der Waals surface area contributed by atoms with E-state index in [0.29, 0.717) is 28.3 Å². The van der Waals surface area contributed by atoms with Crippen LogP contribution in [0.1, 0.15) is 17.2 Å². The maximum atomic E-state index is 12.8. The van der Waals surface area contributed by atoms with Crippen LogP contribution in [-0.4, -0.2) is 38.1 Å². The number of ether oxygens (including phenoxy) is 3. The van der Waals surface area contributed by atoms with Crippen LogP contribution in [-0.2, 0) is 9.53 Å². The number of halogens is 1. The Morgan fingerprint density at radius 3 is 2.25 bits per heavy atom. The van der Waals surface area contributed by atoms with E-state index in [9.17, 15) is 4.79 Å². The predicted molar refractivity (Wildman–Crippen MR) is 126 cm³/mol. The molecule has 0 aliphatic heterocycles. The van der Waals surface area contributed by atoms with Crippen LogP contribution in [0, 0.1) is 5.41 Å². The van der Waals surface area contributed by atoms with E-state index in [1.807, 2.05) is 18.2 Å². The monoisotopic (exact) mass is 456 g/mol. The molecule has 8 nitrogen and oxygen atoms in total. The van der Waals surface area contributed by atoms with Crippen molar-refractivity contribution in [3.63, 3.8) is 0 Å². The maximum Gasteiger partial charge on any atom is 0.333 e. The first-order chi connectivity index (χ1) is 15.0. The predicted octanol–water partition coefficient (Wildman–Crippen LogP) is 3.80. The third-order valence-corrected chi connectivity index (χ3v) is 4.78. The van der Waals surface area contributed by atoms with Crippen LogP contribution in [0.15, 0.2) is 60.9 Å². The van der Waals surface area contributed by atoms with E-state index in [1.54, 1.807) is 49.8 Å². The molecule has 32 heavy (non-hydrogen) atoms. The normalized spacial score (nSPS) is 11.0. The van der Waals surface area contributed by atoms with E-state index in [4.69, 9.17) is 25.4 Å². The number of pyridine rings is 1. The highest BCUT2D eigenvalue weighted by molar-refractivity contribution is 5.95. The molecule has 3 aromatic rings. The van der Waals surface area contributed by atoms with Gasteiger partial charge in [-0.2, -0.15) is 0 Å². The molecule has 0 amide bonds. The van der Waals surface area contributed by atoms with Crippen molar-refractivity contribution in [2.45, 2.75) is 6.04 Å². The van der Waals surface area contributed by atoms with Crippen molar-refractivity contribution in [3.8, 4) is 22.6 Å². The number of methoxy groups -OCH3 is 3. The minimum Gasteiger partial charge on any atom is -0.493 e. The molecule has 1 unspecified atom stereocenters. The minimum atomic E-state index is -0.844. The summed E-state index contributed by atoms with van der Waals surface area (Å²) in [6.07, 6.45) is 3.39. The number of nitrogens with one attached hydrogen (secondary N) is 2. The zero-order chi connectivity index (χ0) is 22.4. The van der Waals surface area contributed by atoms with E-state index >= 15 is 0 Å². The van der Waals surface area contributed by atoms with Crippen LogP contribution in [0.3, 0.4) is 0 Å². The van der Waals surface area contributed by atoms with Gasteiger partial charge in [-0.15, -0.1) is 12.4 Å². The van der Waals surface area contributed by atoms with E-state index in [2.05, 4.69) is 10.3 Å². The summed E-state index contributed by atoms with van der Waals surface area (Å²) in [6, 6.07) is 13.3. The summed E-state index contributed by atoms with van der Waals surface area (Å²) >= 11 is 0. The third kappa shape index (κ3) is 5.28. The topological polar surface area (TPSA) is 120 Å². The van der Waals surface area contributed by atoms with Gasteiger partial charge in [0.2, 0.25) is 0 Å². The summed E-state index contributed by atoms with van der Waals surface area (Å²) in [5.41, 5.74) is 8.96. The van der Waals surface area contributed by atoms with Gasteiger partial charge in [-0.3, -0.25) is 10.4 Å². The summed E-state index contributed by atoms with van der Waals surface area (Å²) in [5, 5.41) is 10.7. The summed E-state index contributed by atoms with van der Waals surface area (Å²) in [4.78, 5) is 17.0. The van der Waals surface area contributed by atoms with Crippen LogP contribution in [0.5, 0.6) is 11.5 Å². The molecular weight excluding hydrogens is 432 g/mol. The smallest absolute Gasteiger partial charge is 0.333 e. The Morgan fingerprint density at radius 2 is 1.72 bits per heavy atom. The SMILES string of the molecule is COC(=O)C(Nc1ccc(C(=N)N)cc1)c1cc(OC)c(OC)cc1-c1cccnc1.Cl. The van der Waals surface area contributed by atoms with E-state index in [1.165, 1.54) is 14.2 Å². The number of esters is 1. The van der Waals surface area contributed by atoms with Gasteiger partial charge in [0, 0.05) is 29.2 Å². The molecule has 0 bridgehead atoms. The fraction of sp³-hybridized carbons (Fsp3) is 0.174. The molecule has 0 radical (unpaired) electrons. The van der Waals surface area contributed by atoms with Crippen molar-refractivity contribution < 1.29 is 19.0 Å². The van der Waals surface area contributed by atoms with Crippen molar-refractivity contribution in [1.29, 1.82) is 5.41 Å². The molecule has 9 heteroatoms. The van der Waals surface area contributed by atoms with Gasteiger partial charge in [0.15, 0.2) is 17.5 Å². The van der Waals surface area contributed by atoms with Crippen LogP contribution < -0.4 is 20.5 Å². The average Bonchev–Trinajstić information content (AvgIpc) is 2.82. The number of amidine groups is 1. The lowest BCUT2D eigenvalue weighted by atomic mass is 9.94. The Balaban J connectivity index is 0.00000363. The molecule has 0 aliphatic rings. The number of carbonyl (C=O) groups is 1. The highest BCUT2D eigenvalue weighted by Gasteiger charge is 2.27. The van der Waals surface area contributed by atoms with Crippen LogP contribution >= 0.6 is 12.4 Å². The van der Waals surface area contributed by atoms with Crippen molar-refractivity contribution in [3.05, 3.63) is 72.1 Å². The molecule has 1 heterocycles. The van der Waals surface area contributed by atoms with E-state index < -0.39 is 12.0 Å². The van der Waals surface area contributed by atoms with Gasteiger partial charge in [-0.1, -0.05) is 6.07 Å². The number of hydrogen-bond acceptors (Lipinski definition) is 7. The largest absolute Gasteiger partial charge is 0.493 e. The van der Waals surface area contributed by atoms with Gasteiger partial charge in [-0.05, 0) is 53.6 Å². The molecule has 0 spiro atoms. The standard InChI is InChI=1S/C23H24N4O4.ClH/c1-29-19-11-17(15-5-4-10-26-13-15)18(12-20(19)30-2)21(23(28)31-3)27-16-8-6-14(7-9-16)22(24)25;/h4-13,21,27H,1-3H3,(H3,24,25);1H. The molecule has 0 aliphatic carbocycles. The van der Waals surface area contributed by atoms with Gasteiger partial charge in [0.25, 0.3) is 0 Å². The van der Waals surface area contributed by atoms with Gasteiger partial charge >= 0.3 is 5.97 Å². The average molecular weight is 457 g/mol. The van der Waals surface area contributed by atoms with Gasteiger partial charge in [0.05, 0.1) is 21.3 Å². The van der Waals surface area contributed by atoms with E-state index in [0.717, 1.165) is 11.1 Å². The molecule has 1 atom stereocenters. The van der Waals surface area contributed by atoms with Crippen molar-refractivity contribution >= 4 is 29.9 Å². The zero-order valence-electron chi connectivity index (χ0n) is 17.9. The fourth-order valence-electron chi connectivity index (χ4n) is 3.20. The van der Waals surface area contributed by atoms with Crippen LogP contribution in [0.4, 0.5) is 5.69 Å². The van der Waals surface area contributed by atoms with Crippen molar-refractivity contribution in [2.24, 2.45) is 5.73 Å². The van der Waals surface area contributed by atoms with Crippen molar-refractivity contribution in [1.82, 2.24) is 4.98 Å². The van der Waals surface area contributed by atoms with Gasteiger partial charge in [-0.25, -0.2) is 4.79 Å². The number of nitrogen functional groups attached to an aromatic ring is 1. The molecule has 4 N–H and O–H groups in total. The number of nitrogens with two attached hydrogens (primary N) is 1. The lowest BCUT2D eigenvalue weighted by Gasteiger charge is -2.23. The number of nitrogens with zero attached hydrogens (tertiary/aromatic N) is 1. The molecule has 2 aromatic carbocycles. The Kier molecular flexibility index (Phi) is 8.43. The molecule has 0 saturated carbocycles. The second-order valence-corrected chi connectivity index (χ2v) is 6.63. The number of carbonyl (C=O) groups excluding carboxylic acids is 1. The number of aromatic nitrogens is 1. The maximum absolute atomic E-state index is 12.8. The molecule has 168 valence electrons. The molecule has 0 saturated heterocycles. The van der Waals surface area contributed by atoms with Gasteiger partial charge in [0.1, 0.15) is 5.84 Å². The number of rotatable bonds is 8. The Bertz CT molecular complexity index is 1080. The second-order valence-electron chi connectivity index (χ2n) is 6.63. The lowest BCUT2D eigenvalue weighted by molar-refractivity contribution is -0.141. The third-order valence-electron chi connectivity index (χ3n) is 4.78. The van der Waals surface area contributed by atoms with Gasteiger partial charge < -0.3 is 25.3 Å². The molecule has 3 rings (SSSR count). The summed E-state index contributed by atoms with van der Waals surface area (Å²) in [6.45, 7) is 0. The molecule has 1 aromatic heterocycles. The first-order valence-electron chi connectivity index (χ1n) is 9.43. The number of hydrogen-bond donors (Lipinski definition) is 3. The Hall–Kier alpha value is -3.78. The van der Waals surface area contributed by atoms with Crippen molar-refractivity contribution in [2.75, 3.05) is 26.6 Å². The van der Waals surface area contributed by atoms with E-state index in [-0.39, 0.29) is 18.2 Å². The molecule has 0 fully saturated rings. The fourth-order valence-corrected chi connectivity index (χ4v) is 3.20. The quantitative estimate of drug-likeness (QED) is 0.268. The number of benzene rings is 2. The Labute approximate surface area is 192 Å². The number of anilines is 1. The van der Waals surface area contributed by atoms with Crippen LogP contribution in [0.2, 0.25) is 0 Å². The Morgan fingerprint density at radius 1 is 1.06 bits per heavy atom. The summed E-state index contributed by atoms with van der Waals surface area (Å²) in [5.74, 6) is 0.495. The highest BCUT2D eigenvalue weighted by Crippen LogP contribution is 2.39.